The summed E-state index contributed by atoms with van der Waals surface area (Å²) < 4.78 is 10.7. The molecule has 0 aromatic heterocycles. The summed E-state index contributed by atoms with van der Waals surface area (Å²) in [4.78, 5) is 25.1. The van der Waals surface area contributed by atoms with Crippen LogP contribution in [0.4, 0.5) is 0 Å². The van der Waals surface area contributed by atoms with Crippen molar-refractivity contribution in [3.05, 3.63) is 35.9 Å². The van der Waals surface area contributed by atoms with Gasteiger partial charge in [-0.2, -0.15) is 0 Å². The van der Waals surface area contributed by atoms with E-state index in [1.807, 2.05) is 32.9 Å². The van der Waals surface area contributed by atoms with E-state index in [9.17, 15) is 9.59 Å². The van der Waals surface area contributed by atoms with Crippen molar-refractivity contribution in [1.29, 1.82) is 0 Å². The van der Waals surface area contributed by atoms with Gasteiger partial charge in [0, 0.05) is 12.1 Å². The molecule has 0 bridgehead atoms. The van der Waals surface area contributed by atoms with Crippen molar-refractivity contribution in [1.82, 2.24) is 4.90 Å². The van der Waals surface area contributed by atoms with E-state index >= 15 is 0 Å². The van der Waals surface area contributed by atoms with Crippen molar-refractivity contribution in [2.24, 2.45) is 0 Å². The molecule has 0 saturated heterocycles. The number of amides is 1. The summed E-state index contributed by atoms with van der Waals surface area (Å²) in [5.41, 5.74) is 0.148. The number of carboxylic acids is 1. The van der Waals surface area contributed by atoms with Crippen molar-refractivity contribution in [2.75, 3.05) is 19.8 Å². The maximum absolute atomic E-state index is 12.7. The van der Waals surface area contributed by atoms with Crippen LogP contribution in [0.25, 0.3) is 0 Å². The minimum Gasteiger partial charge on any atom is -0.490 e. The Morgan fingerprint density at radius 1 is 1.26 bits per heavy atom. The third-order valence-corrected chi connectivity index (χ3v) is 3.60. The number of aliphatic carboxylic acids is 1. The Hall–Kier alpha value is -2.50. The summed E-state index contributed by atoms with van der Waals surface area (Å²) in [6.45, 7) is 6.24. The van der Waals surface area contributed by atoms with E-state index in [0.717, 1.165) is 0 Å². The van der Waals surface area contributed by atoms with Crippen molar-refractivity contribution < 1.29 is 24.2 Å². The summed E-state index contributed by atoms with van der Waals surface area (Å²) in [5.74, 6) is -0.502. The third kappa shape index (κ3) is 3.83. The van der Waals surface area contributed by atoms with Crippen LogP contribution in [0, 0.1) is 0 Å². The second-order valence-corrected chi connectivity index (χ2v) is 5.75. The molecule has 6 nitrogen and oxygen atoms in total. The highest BCUT2D eigenvalue weighted by atomic mass is 16.5. The number of ether oxygens (including phenoxy) is 2. The molecule has 1 heterocycles. The van der Waals surface area contributed by atoms with E-state index in [1.54, 1.807) is 23.1 Å². The Bertz CT molecular complexity index is 636. The van der Waals surface area contributed by atoms with Crippen LogP contribution in [-0.2, 0) is 4.79 Å². The molecule has 1 aliphatic rings. The number of carbonyl (C=O) groups is 2. The van der Waals surface area contributed by atoms with Crippen LogP contribution in [0.2, 0.25) is 0 Å². The van der Waals surface area contributed by atoms with Crippen LogP contribution < -0.4 is 9.47 Å². The first-order valence-electron chi connectivity index (χ1n) is 7.46. The summed E-state index contributed by atoms with van der Waals surface area (Å²) in [7, 11) is 0. The Labute approximate surface area is 135 Å². The Morgan fingerprint density at radius 3 is 2.57 bits per heavy atom. The molecule has 0 saturated carbocycles. The summed E-state index contributed by atoms with van der Waals surface area (Å²) in [6.07, 6.45) is 3.96. The Balaban J connectivity index is 2.24. The van der Waals surface area contributed by atoms with E-state index in [-0.39, 0.29) is 11.4 Å². The molecule has 1 aliphatic heterocycles. The van der Waals surface area contributed by atoms with Gasteiger partial charge in [0.25, 0.3) is 5.91 Å². The molecule has 6 heteroatoms. The molecule has 0 fully saturated rings. The van der Waals surface area contributed by atoms with Gasteiger partial charge in [0.2, 0.25) is 0 Å². The van der Waals surface area contributed by atoms with Gasteiger partial charge in [-0.1, -0.05) is 12.2 Å². The fourth-order valence-corrected chi connectivity index (χ4v) is 2.44. The lowest BCUT2D eigenvalue weighted by Gasteiger charge is -2.31. The molecule has 0 atom stereocenters. The lowest BCUT2D eigenvalue weighted by molar-refractivity contribution is -0.139. The molecule has 0 spiro atoms. The third-order valence-electron chi connectivity index (χ3n) is 3.60. The standard InChI is InChI=1S/C17H21NO5/c1-4-22-14-10-12(6-7-13(14)23-11-15(19)20)16(21)18-9-5-8-17(18,2)3/h5-8,10H,4,9,11H2,1-3H3,(H,19,20). The highest BCUT2D eigenvalue weighted by molar-refractivity contribution is 5.96. The number of nitrogens with zero attached hydrogens (tertiary/aromatic N) is 1. The monoisotopic (exact) mass is 319 g/mol. The quantitative estimate of drug-likeness (QED) is 0.815. The average molecular weight is 319 g/mol. The molecule has 2 rings (SSSR count). The van der Waals surface area contributed by atoms with Crippen molar-refractivity contribution in [3.8, 4) is 11.5 Å². The highest BCUT2D eigenvalue weighted by Crippen LogP contribution is 2.31. The number of benzene rings is 1. The van der Waals surface area contributed by atoms with Gasteiger partial charge in [-0.15, -0.1) is 0 Å². The van der Waals surface area contributed by atoms with Crippen LogP contribution in [0.1, 0.15) is 31.1 Å². The second-order valence-electron chi connectivity index (χ2n) is 5.75. The van der Waals surface area contributed by atoms with Crippen molar-refractivity contribution in [2.45, 2.75) is 26.3 Å². The number of carbonyl (C=O) groups excluding carboxylic acids is 1. The van der Waals surface area contributed by atoms with Crippen molar-refractivity contribution in [3.63, 3.8) is 0 Å². The zero-order valence-corrected chi connectivity index (χ0v) is 13.5. The molecule has 23 heavy (non-hydrogen) atoms. The topological polar surface area (TPSA) is 76.1 Å². The minimum absolute atomic E-state index is 0.106. The van der Waals surface area contributed by atoms with Crippen molar-refractivity contribution >= 4 is 11.9 Å². The van der Waals surface area contributed by atoms with Crippen LogP contribution in [-0.4, -0.2) is 47.2 Å². The van der Waals surface area contributed by atoms with E-state index < -0.39 is 12.6 Å². The van der Waals surface area contributed by atoms with Gasteiger partial charge in [-0.25, -0.2) is 4.79 Å². The van der Waals surface area contributed by atoms with E-state index in [4.69, 9.17) is 14.6 Å². The van der Waals surface area contributed by atoms with Gasteiger partial charge in [0.1, 0.15) is 0 Å². The van der Waals surface area contributed by atoms with E-state index in [1.165, 1.54) is 0 Å². The molecule has 1 aromatic carbocycles. The number of hydrogen-bond acceptors (Lipinski definition) is 4. The lowest BCUT2D eigenvalue weighted by atomic mass is 10.0. The summed E-state index contributed by atoms with van der Waals surface area (Å²) in [6, 6.07) is 4.78. The molecular formula is C17H21NO5. The fraction of sp³-hybridized carbons (Fsp3) is 0.412. The SMILES string of the molecule is CCOc1cc(C(=O)N2CC=CC2(C)C)ccc1OCC(=O)O. The maximum atomic E-state index is 12.7. The van der Waals surface area contributed by atoms with Crippen LogP contribution in [0.15, 0.2) is 30.4 Å². The van der Waals surface area contributed by atoms with Gasteiger partial charge in [-0.3, -0.25) is 4.79 Å². The number of carboxylic acid groups (broad SMARTS) is 1. The number of hydrogen-bond donors (Lipinski definition) is 1. The molecule has 124 valence electrons. The van der Waals surface area contributed by atoms with E-state index in [0.29, 0.717) is 30.2 Å². The van der Waals surface area contributed by atoms with Gasteiger partial charge >= 0.3 is 5.97 Å². The molecule has 0 radical (unpaired) electrons. The zero-order chi connectivity index (χ0) is 17.0. The number of rotatable bonds is 6. The summed E-state index contributed by atoms with van der Waals surface area (Å²) in [5, 5.41) is 8.71. The first-order valence-corrected chi connectivity index (χ1v) is 7.46. The fourth-order valence-electron chi connectivity index (χ4n) is 2.44. The lowest BCUT2D eigenvalue weighted by Crippen LogP contribution is -2.43. The molecule has 1 aromatic rings. The minimum atomic E-state index is -1.07. The van der Waals surface area contributed by atoms with E-state index in [2.05, 4.69) is 0 Å². The smallest absolute Gasteiger partial charge is 0.341 e. The molecular weight excluding hydrogens is 298 g/mol. The largest absolute Gasteiger partial charge is 0.490 e. The van der Waals surface area contributed by atoms with Gasteiger partial charge < -0.3 is 19.5 Å². The molecule has 0 aliphatic carbocycles. The molecule has 0 unspecified atom stereocenters. The van der Waals surface area contributed by atoms with Crippen LogP contribution in [0.3, 0.4) is 0 Å². The highest BCUT2D eigenvalue weighted by Gasteiger charge is 2.32. The summed E-state index contributed by atoms with van der Waals surface area (Å²) >= 11 is 0. The molecule has 1 amide bonds. The first kappa shape index (κ1) is 16.9. The predicted octanol–water partition coefficient (Wildman–Crippen LogP) is 2.34. The maximum Gasteiger partial charge on any atom is 0.341 e. The van der Waals surface area contributed by atoms with Gasteiger partial charge in [0.15, 0.2) is 18.1 Å². The van der Waals surface area contributed by atoms with Gasteiger partial charge in [-0.05, 0) is 39.0 Å². The molecule has 1 N–H and O–H groups in total. The predicted molar refractivity (Wildman–Crippen MR) is 85.0 cm³/mol. The Kier molecular flexibility index (Phi) is 4.93. The zero-order valence-electron chi connectivity index (χ0n) is 13.5. The van der Waals surface area contributed by atoms with Crippen LogP contribution >= 0.6 is 0 Å². The average Bonchev–Trinajstić information content (AvgIpc) is 2.84. The first-order chi connectivity index (χ1) is 10.8. The van der Waals surface area contributed by atoms with Crippen LogP contribution in [0.5, 0.6) is 11.5 Å². The second kappa shape index (κ2) is 6.73. The normalized spacial score (nSPS) is 15.5. The Morgan fingerprint density at radius 2 is 2.00 bits per heavy atom. The van der Waals surface area contributed by atoms with Gasteiger partial charge in [0.05, 0.1) is 12.1 Å².